The van der Waals surface area contributed by atoms with Gasteiger partial charge in [-0.1, -0.05) is 0 Å². The van der Waals surface area contributed by atoms with Crippen molar-refractivity contribution >= 4 is 17.4 Å². The van der Waals surface area contributed by atoms with E-state index >= 15 is 0 Å². The Morgan fingerprint density at radius 2 is 1.94 bits per heavy atom. The van der Waals surface area contributed by atoms with Crippen LogP contribution >= 0.6 is 0 Å². The number of hydrogen-bond acceptors (Lipinski definition) is 7. The molecule has 1 aliphatic carbocycles. The van der Waals surface area contributed by atoms with E-state index in [2.05, 4.69) is 25.4 Å². The van der Waals surface area contributed by atoms with E-state index < -0.39 is 18.6 Å². The molecule has 3 aromatic heterocycles. The summed E-state index contributed by atoms with van der Waals surface area (Å²) < 4.78 is 58.2. The largest absolute Gasteiger partial charge is 0.480 e. The molecule has 2 fully saturated rings. The topological polar surface area (TPSA) is 80.5 Å². The van der Waals surface area contributed by atoms with Crippen molar-refractivity contribution in [2.75, 3.05) is 29.9 Å². The number of aryl methyl sites for hydroxylation is 1. The standard InChI is InChI=1S/C20H21F4N7O/c1-11-25-7-14(21)17(26-11)30-8-12-4-5-13(9-30)16(12)27-19-28-18-15(32-10-20(22,23)24)3-2-6-31(18)29-19/h2-3,6-7,12-13,16H,4-5,8-10H2,1H3,(H,27,29). The molecule has 32 heavy (non-hydrogen) atoms. The average Bonchev–Trinajstić information content (AvgIpc) is 3.24. The smallest absolute Gasteiger partial charge is 0.422 e. The summed E-state index contributed by atoms with van der Waals surface area (Å²) in [5, 5.41) is 7.71. The number of rotatable bonds is 5. The van der Waals surface area contributed by atoms with Crippen LogP contribution in [0.25, 0.3) is 5.65 Å². The van der Waals surface area contributed by atoms with Crippen LogP contribution in [-0.4, -0.2) is 56.5 Å². The molecule has 0 aromatic carbocycles. The molecule has 3 aromatic rings. The monoisotopic (exact) mass is 451 g/mol. The van der Waals surface area contributed by atoms with E-state index in [0.29, 0.717) is 30.7 Å². The van der Waals surface area contributed by atoms with Gasteiger partial charge in [0.05, 0.1) is 6.20 Å². The number of alkyl halides is 3. The highest BCUT2D eigenvalue weighted by atomic mass is 19.4. The summed E-state index contributed by atoms with van der Waals surface area (Å²) >= 11 is 0. The third kappa shape index (κ3) is 4.00. The van der Waals surface area contributed by atoms with Gasteiger partial charge in [0, 0.05) is 25.3 Å². The Hall–Kier alpha value is -3.18. The fraction of sp³-hybridized carbons (Fsp3) is 0.500. The first-order chi connectivity index (χ1) is 15.3. The lowest BCUT2D eigenvalue weighted by molar-refractivity contribution is -0.153. The Bertz CT molecular complexity index is 1120. The summed E-state index contributed by atoms with van der Waals surface area (Å²) in [5.74, 6) is 1.21. The van der Waals surface area contributed by atoms with Gasteiger partial charge in [-0.2, -0.15) is 18.2 Å². The second-order valence-corrected chi connectivity index (χ2v) is 8.24. The van der Waals surface area contributed by atoms with Crippen LogP contribution in [0.5, 0.6) is 5.75 Å². The average molecular weight is 451 g/mol. The summed E-state index contributed by atoms with van der Waals surface area (Å²) in [5.41, 5.74) is 0.211. The van der Waals surface area contributed by atoms with Crippen molar-refractivity contribution in [1.29, 1.82) is 0 Å². The van der Waals surface area contributed by atoms with E-state index in [1.807, 2.05) is 4.90 Å². The number of fused-ring (bicyclic) bond motifs is 3. The molecule has 1 N–H and O–H groups in total. The van der Waals surface area contributed by atoms with Crippen molar-refractivity contribution in [3.63, 3.8) is 0 Å². The van der Waals surface area contributed by atoms with Crippen molar-refractivity contribution in [2.45, 2.75) is 32.0 Å². The molecule has 12 heteroatoms. The van der Waals surface area contributed by atoms with E-state index in [1.165, 1.54) is 16.8 Å². The Morgan fingerprint density at radius 1 is 1.19 bits per heavy atom. The van der Waals surface area contributed by atoms with Crippen molar-refractivity contribution in [3.05, 3.63) is 36.2 Å². The molecule has 0 spiro atoms. The molecule has 2 aliphatic rings. The van der Waals surface area contributed by atoms with Gasteiger partial charge in [-0.3, -0.25) is 0 Å². The Morgan fingerprint density at radius 3 is 2.66 bits per heavy atom. The van der Waals surface area contributed by atoms with Crippen LogP contribution < -0.4 is 15.0 Å². The van der Waals surface area contributed by atoms with Crippen LogP contribution in [0.4, 0.5) is 29.3 Å². The van der Waals surface area contributed by atoms with Crippen LogP contribution in [0.2, 0.25) is 0 Å². The number of anilines is 2. The quantitative estimate of drug-likeness (QED) is 0.597. The van der Waals surface area contributed by atoms with Gasteiger partial charge >= 0.3 is 6.18 Å². The normalized spacial score (nSPS) is 23.0. The second-order valence-electron chi connectivity index (χ2n) is 8.24. The summed E-state index contributed by atoms with van der Waals surface area (Å²) in [6.45, 7) is 1.60. The maximum Gasteiger partial charge on any atom is 0.422 e. The van der Waals surface area contributed by atoms with Gasteiger partial charge in [0.25, 0.3) is 0 Å². The van der Waals surface area contributed by atoms with E-state index in [4.69, 9.17) is 4.74 Å². The van der Waals surface area contributed by atoms with Gasteiger partial charge in [-0.25, -0.2) is 18.9 Å². The van der Waals surface area contributed by atoms with E-state index in [1.54, 1.807) is 19.2 Å². The van der Waals surface area contributed by atoms with Gasteiger partial charge in [0.1, 0.15) is 5.82 Å². The zero-order chi connectivity index (χ0) is 22.5. The number of hydrogen-bond donors (Lipinski definition) is 1. The SMILES string of the molecule is Cc1ncc(F)c(N2CC3CCC(C2)C3Nc2nc3c(OCC(F)(F)F)cccn3n2)n1. The lowest BCUT2D eigenvalue weighted by Crippen LogP contribution is -2.48. The van der Waals surface area contributed by atoms with Crippen molar-refractivity contribution in [3.8, 4) is 5.75 Å². The molecule has 0 amide bonds. The fourth-order valence-electron chi connectivity index (χ4n) is 4.66. The number of nitrogens with one attached hydrogen (secondary N) is 1. The van der Waals surface area contributed by atoms with Crippen molar-refractivity contribution in [1.82, 2.24) is 24.6 Å². The van der Waals surface area contributed by atoms with E-state index in [9.17, 15) is 17.6 Å². The minimum absolute atomic E-state index is 0.0118. The zero-order valence-electron chi connectivity index (χ0n) is 17.2. The molecule has 4 heterocycles. The molecule has 1 saturated carbocycles. The molecule has 1 aliphatic heterocycles. The number of piperidine rings is 1. The van der Waals surface area contributed by atoms with E-state index in [0.717, 1.165) is 12.8 Å². The summed E-state index contributed by atoms with van der Waals surface area (Å²) in [6, 6.07) is 3.06. The number of pyridine rings is 1. The highest BCUT2D eigenvalue weighted by Gasteiger charge is 2.43. The number of ether oxygens (including phenoxy) is 1. The molecule has 2 atom stereocenters. The molecule has 8 nitrogen and oxygen atoms in total. The molecule has 1 saturated heterocycles. The third-order valence-electron chi connectivity index (χ3n) is 5.99. The minimum Gasteiger partial charge on any atom is -0.480 e. The number of aromatic nitrogens is 5. The molecular weight excluding hydrogens is 430 g/mol. The molecule has 5 rings (SSSR count). The van der Waals surface area contributed by atoms with Crippen LogP contribution in [0.3, 0.4) is 0 Å². The minimum atomic E-state index is -4.44. The van der Waals surface area contributed by atoms with Gasteiger partial charge in [0.15, 0.2) is 29.6 Å². The van der Waals surface area contributed by atoms with Gasteiger partial charge in [-0.15, -0.1) is 5.10 Å². The Labute approximate surface area is 180 Å². The maximum atomic E-state index is 14.3. The van der Waals surface area contributed by atoms with Crippen molar-refractivity contribution < 1.29 is 22.3 Å². The lowest BCUT2D eigenvalue weighted by atomic mass is 9.92. The maximum absolute atomic E-state index is 14.3. The molecule has 2 unspecified atom stereocenters. The first kappa shape index (κ1) is 20.7. The predicted octanol–water partition coefficient (Wildman–Crippen LogP) is 3.23. The van der Waals surface area contributed by atoms with Gasteiger partial charge < -0.3 is 15.0 Å². The highest BCUT2D eigenvalue weighted by Crippen LogP contribution is 2.40. The number of halogens is 4. The third-order valence-corrected chi connectivity index (χ3v) is 5.99. The lowest BCUT2D eigenvalue weighted by Gasteiger charge is -2.38. The first-order valence-electron chi connectivity index (χ1n) is 10.3. The zero-order valence-corrected chi connectivity index (χ0v) is 17.2. The van der Waals surface area contributed by atoms with Crippen LogP contribution in [0.1, 0.15) is 18.7 Å². The number of nitrogens with zero attached hydrogens (tertiary/aromatic N) is 6. The van der Waals surface area contributed by atoms with E-state index in [-0.39, 0.29) is 29.3 Å². The molecule has 170 valence electrons. The molecular formula is C20H21F4N7O. The van der Waals surface area contributed by atoms with Gasteiger partial charge in [-0.05, 0) is 43.7 Å². The van der Waals surface area contributed by atoms with Crippen LogP contribution in [0.15, 0.2) is 24.5 Å². The highest BCUT2D eigenvalue weighted by molar-refractivity contribution is 5.56. The van der Waals surface area contributed by atoms with Crippen molar-refractivity contribution in [2.24, 2.45) is 11.8 Å². The molecule has 2 bridgehead atoms. The first-order valence-corrected chi connectivity index (χ1v) is 10.3. The summed E-state index contributed by atoms with van der Waals surface area (Å²) in [4.78, 5) is 14.5. The Kier molecular flexibility index (Phi) is 5.01. The fourth-order valence-corrected chi connectivity index (χ4v) is 4.66. The summed E-state index contributed by atoms with van der Waals surface area (Å²) in [7, 11) is 0. The second kappa shape index (κ2) is 7.75. The van der Waals surface area contributed by atoms with Crippen LogP contribution in [0, 0.1) is 24.6 Å². The summed E-state index contributed by atoms with van der Waals surface area (Å²) in [6.07, 6.45) is 0.298. The Balaban J connectivity index is 1.32. The van der Waals surface area contributed by atoms with Crippen LogP contribution in [-0.2, 0) is 0 Å². The predicted molar refractivity (Wildman–Crippen MR) is 107 cm³/mol. The van der Waals surface area contributed by atoms with Gasteiger partial charge in [0.2, 0.25) is 5.95 Å². The molecule has 0 radical (unpaired) electrons.